The van der Waals surface area contributed by atoms with Crippen LogP contribution in [0.1, 0.15) is 6.92 Å². The lowest BCUT2D eigenvalue weighted by Crippen LogP contribution is -2.17. The van der Waals surface area contributed by atoms with E-state index in [0.29, 0.717) is 11.4 Å². The smallest absolute Gasteiger partial charge is 0.144 e. The van der Waals surface area contributed by atoms with Gasteiger partial charge in [-0.25, -0.2) is 4.39 Å². The molecule has 0 atom stereocenters. The van der Waals surface area contributed by atoms with E-state index in [9.17, 15) is 4.39 Å². The Balaban J connectivity index is 3.15. The third kappa shape index (κ3) is 2.04. The van der Waals surface area contributed by atoms with Crippen LogP contribution in [0.25, 0.3) is 0 Å². The van der Waals surface area contributed by atoms with Crippen molar-refractivity contribution in [2.45, 2.75) is 6.92 Å². The van der Waals surface area contributed by atoms with Crippen molar-refractivity contribution in [2.75, 3.05) is 24.2 Å². The van der Waals surface area contributed by atoms with Crippen LogP contribution < -0.4 is 10.6 Å². The molecule has 0 unspecified atom stereocenters. The molecule has 0 aliphatic carbocycles. The summed E-state index contributed by atoms with van der Waals surface area (Å²) in [5.74, 6) is -0.439. The lowest BCUT2D eigenvalue weighted by Gasteiger charge is -2.19. The molecule has 0 aliphatic rings. The standard InChI is InChI=1S/C9H12ClFN2/c1-3-13(2)9-5-7(11)6(10)4-8(9)12/h4-5H,3,12H2,1-2H3. The SMILES string of the molecule is CCN(C)c1cc(F)c(Cl)cc1N. The highest BCUT2D eigenvalue weighted by molar-refractivity contribution is 6.31. The molecule has 13 heavy (non-hydrogen) atoms. The molecule has 0 fully saturated rings. The van der Waals surface area contributed by atoms with Crippen molar-refractivity contribution in [3.63, 3.8) is 0 Å². The Labute approximate surface area is 82.1 Å². The minimum absolute atomic E-state index is 0.0609. The Morgan fingerprint density at radius 2 is 2.15 bits per heavy atom. The monoisotopic (exact) mass is 202 g/mol. The number of nitrogens with zero attached hydrogens (tertiary/aromatic N) is 1. The van der Waals surface area contributed by atoms with Gasteiger partial charge in [-0.1, -0.05) is 11.6 Å². The zero-order chi connectivity index (χ0) is 10.0. The number of nitrogen functional groups attached to an aromatic ring is 1. The Morgan fingerprint density at radius 1 is 1.54 bits per heavy atom. The van der Waals surface area contributed by atoms with E-state index in [2.05, 4.69) is 0 Å². The highest BCUT2D eigenvalue weighted by Gasteiger charge is 2.08. The Hall–Kier alpha value is -0.960. The van der Waals surface area contributed by atoms with Crippen molar-refractivity contribution in [1.29, 1.82) is 0 Å². The quantitative estimate of drug-likeness (QED) is 0.747. The van der Waals surface area contributed by atoms with Crippen molar-refractivity contribution in [3.8, 4) is 0 Å². The molecule has 0 amide bonds. The molecule has 0 radical (unpaired) electrons. The number of hydrogen-bond acceptors (Lipinski definition) is 2. The van der Waals surface area contributed by atoms with Crippen molar-refractivity contribution in [3.05, 3.63) is 23.0 Å². The van der Waals surface area contributed by atoms with Crippen LogP contribution in [0.3, 0.4) is 0 Å². The fourth-order valence-electron chi connectivity index (χ4n) is 1.05. The molecular formula is C9H12ClFN2. The minimum Gasteiger partial charge on any atom is -0.397 e. The molecule has 0 saturated heterocycles. The van der Waals surface area contributed by atoms with E-state index >= 15 is 0 Å². The van der Waals surface area contributed by atoms with Crippen LogP contribution in [0.2, 0.25) is 5.02 Å². The molecule has 2 nitrogen and oxygen atoms in total. The van der Waals surface area contributed by atoms with Gasteiger partial charge in [-0.05, 0) is 13.0 Å². The summed E-state index contributed by atoms with van der Waals surface area (Å²) in [6.45, 7) is 2.73. The average molecular weight is 203 g/mol. The van der Waals surface area contributed by atoms with E-state index in [0.717, 1.165) is 6.54 Å². The van der Waals surface area contributed by atoms with Crippen LogP contribution in [0.15, 0.2) is 12.1 Å². The Morgan fingerprint density at radius 3 is 2.69 bits per heavy atom. The van der Waals surface area contributed by atoms with Crippen LogP contribution in [0, 0.1) is 5.82 Å². The van der Waals surface area contributed by atoms with Gasteiger partial charge in [-0.2, -0.15) is 0 Å². The topological polar surface area (TPSA) is 29.3 Å². The van der Waals surface area contributed by atoms with Crippen molar-refractivity contribution in [1.82, 2.24) is 0 Å². The van der Waals surface area contributed by atoms with Gasteiger partial charge in [0.2, 0.25) is 0 Å². The van der Waals surface area contributed by atoms with Crippen LogP contribution in [0.4, 0.5) is 15.8 Å². The van der Waals surface area contributed by atoms with Gasteiger partial charge in [0.05, 0.1) is 16.4 Å². The van der Waals surface area contributed by atoms with Crippen molar-refractivity contribution < 1.29 is 4.39 Å². The normalized spacial score (nSPS) is 10.2. The number of benzene rings is 1. The third-order valence-corrected chi connectivity index (χ3v) is 2.24. The predicted octanol–water partition coefficient (Wildman–Crippen LogP) is 2.52. The second kappa shape index (κ2) is 3.83. The summed E-state index contributed by atoms with van der Waals surface area (Å²) < 4.78 is 13.0. The highest BCUT2D eigenvalue weighted by Crippen LogP contribution is 2.28. The first-order chi connectivity index (χ1) is 6.06. The molecule has 1 aromatic carbocycles. The number of halogens is 2. The first-order valence-electron chi connectivity index (χ1n) is 4.02. The van der Waals surface area contributed by atoms with Gasteiger partial charge in [-0.3, -0.25) is 0 Å². The van der Waals surface area contributed by atoms with Crippen LogP contribution in [-0.2, 0) is 0 Å². The van der Waals surface area contributed by atoms with Gasteiger partial charge < -0.3 is 10.6 Å². The summed E-state index contributed by atoms with van der Waals surface area (Å²) in [5.41, 5.74) is 6.84. The number of anilines is 2. The minimum atomic E-state index is -0.439. The molecule has 0 aliphatic heterocycles. The molecule has 0 saturated carbocycles. The molecule has 2 N–H and O–H groups in total. The van der Waals surface area contributed by atoms with Crippen molar-refractivity contribution in [2.24, 2.45) is 0 Å². The zero-order valence-corrected chi connectivity index (χ0v) is 8.40. The third-order valence-electron chi connectivity index (χ3n) is 1.96. The van der Waals surface area contributed by atoms with Gasteiger partial charge in [0.1, 0.15) is 5.82 Å². The summed E-state index contributed by atoms with van der Waals surface area (Å²) in [6, 6.07) is 2.78. The molecule has 1 aromatic rings. The lowest BCUT2D eigenvalue weighted by atomic mass is 10.2. The van der Waals surface area contributed by atoms with E-state index < -0.39 is 5.82 Å². The van der Waals surface area contributed by atoms with Crippen LogP contribution >= 0.6 is 11.6 Å². The summed E-state index contributed by atoms with van der Waals surface area (Å²) in [6.07, 6.45) is 0. The molecule has 0 spiro atoms. The van der Waals surface area contributed by atoms with E-state index in [1.165, 1.54) is 12.1 Å². The molecule has 0 bridgehead atoms. The second-order valence-electron chi connectivity index (χ2n) is 2.84. The Bertz CT molecular complexity index is 315. The highest BCUT2D eigenvalue weighted by atomic mass is 35.5. The first kappa shape index (κ1) is 10.1. The van der Waals surface area contributed by atoms with Crippen molar-refractivity contribution >= 4 is 23.0 Å². The summed E-state index contributed by atoms with van der Waals surface area (Å²) in [4.78, 5) is 1.86. The summed E-state index contributed by atoms with van der Waals surface area (Å²) in [5, 5.41) is 0.0609. The van der Waals surface area contributed by atoms with Gasteiger partial charge in [0.15, 0.2) is 0 Å². The van der Waals surface area contributed by atoms with Crippen LogP contribution in [0.5, 0.6) is 0 Å². The second-order valence-corrected chi connectivity index (χ2v) is 3.25. The van der Waals surface area contributed by atoms with Gasteiger partial charge in [0, 0.05) is 19.7 Å². The fourth-order valence-corrected chi connectivity index (χ4v) is 1.22. The summed E-state index contributed by atoms with van der Waals surface area (Å²) in [7, 11) is 1.85. The zero-order valence-electron chi connectivity index (χ0n) is 7.64. The van der Waals surface area contributed by atoms with E-state index in [-0.39, 0.29) is 5.02 Å². The number of hydrogen-bond donors (Lipinski definition) is 1. The molecule has 72 valence electrons. The maximum Gasteiger partial charge on any atom is 0.144 e. The van der Waals surface area contributed by atoms with E-state index in [4.69, 9.17) is 17.3 Å². The number of rotatable bonds is 2. The summed E-state index contributed by atoms with van der Waals surface area (Å²) >= 11 is 5.56. The average Bonchev–Trinajstić information content (AvgIpc) is 2.10. The maximum absolute atomic E-state index is 13.0. The molecule has 1 rings (SSSR count). The molecule has 0 heterocycles. The van der Waals surface area contributed by atoms with Crippen LogP contribution in [-0.4, -0.2) is 13.6 Å². The maximum atomic E-state index is 13.0. The molecule has 4 heteroatoms. The van der Waals surface area contributed by atoms with Gasteiger partial charge >= 0.3 is 0 Å². The predicted molar refractivity (Wildman–Crippen MR) is 54.8 cm³/mol. The van der Waals surface area contributed by atoms with E-state index in [1.54, 1.807) is 0 Å². The lowest BCUT2D eigenvalue weighted by molar-refractivity contribution is 0.628. The Kier molecular flexibility index (Phi) is 2.98. The number of nitrogens with two attached hydrogens (primary N) is 1. The first-order valence-corrected chi connectivity index (χ1v) is 4.39. The fraction of sp³-hybridized carbons (Fsp3) is 0.333. The van der Waals surface area contributed by atoms with Gasteiger partial charge in [0.25, 0.3) is 0 Å². The largest absolute Gasteiger partial charge is 0.397 e. The van der Waals surface area contributed by atoms with E-state index in [1.807, 2.05) is 18.9 Å². The molecule has 0 aromatic heterocycles. The van der Waals surface area contributed by atoms with Gasteiger partial charge in [-0.15, -0.1) is 0 Å². The molecular weight excluding hydrogens is 191 g/mol.